The van der Waals surface area contributed by atoms with E-state index >= 15 is 0 Å². The zero-order chi connectivity index (χ0) is 5.98. The fraction of sp³-hybridized carbons (Fsp3) is 0. The monoisotopic (exact) mass is 129 g/mol. The van der Waals surface area contributed by atoms with Crippen LogP contribution in [0.15, 0.2) is 22.6 Å². The molecule has 0 N–H and O–H groups in total. The van der Waals surface area contributed by atoms with E-state index in [9.17, 15) is 10.0 Å². The van der Waals surface area contributed by atoms with Gasteiger partial charge >= 0.3 is 0 Å². The Hall–Kier alpha value is -0.900. The summed E-state index contributed by atoms with van der Waals surface area (Å²) in [7, 11) is 0. The van der Waals surface area contributed by atoms with Gasteiger partial charge in [-0.15, -0.1) is 0 Å². The first-order valence-corrected chi connectivity index (χ1v) is 2.84. The van der Waals surface area contributed by atoms with Gasteiger partial charge in [0.1, 0.15) is 0 Å². The van der Waals surface area contributed by atoms with Crippen molar-refractivity contribution in [1.82, 2.24) is 0 Å². The van der Waals surface area contributed by atoms with Gasteiger partial charge in [0.15, 0.2) is 6.20 Å². The maximum Gasteiger partial charge on any atom is 0.297 e. The van der Waals surface area contributed by atoms with Crippen molar-refractivity contribution >= 4 is 11.3 Å². The molecule has 0 aliphatic rings. The molecule has 1 heterocycles. The van der Waals surface area contributed by atoms with Crippen LogP contribution >= 0.6 is 11.3 Å². The standard InChI is InChI=1S/C4H3NO2S/c6-4-3-5(7)1-2-8-4/h1-3H. The lowest BCUT2D eigenvalue weighted by atomic mass is 10.9. The van der Waals surface area contributed by atoms with Gasteiger partial charge in [-0.2, -0.15) is 4.73 Å². The fourth-order valence-electron chi connectivity index (χ4n) is 0.335. The number of aromatic nitrogens is 1. The highest BCUT2D eigenvalue weighted by molar-refractivity contribution is 7.07. The summed E-state index contributed by atoms with van der Waals surface area (Å²) in [5.41, 5.74) is 0. The molecule has 0 saturated carbocycles. The topological polar surface area (TPSA) is 44.0 Å². The van der Waals surface area contributed by atoms with Crippen LogP contribution in [0, 0.1) is 5.21 Å². The SMILES string of the molecule is O=c1c[n+]([O-])ccs1. The molecule has 3 nitrogen and oxygen atoms in total. The molecule has 0 atom stereocenters. The summed E-state index contributed by atoms with van der Waals surface area (Å²) in [6.45, 7) is 0. The minimum atomic E-state index is -0.220. The van der Waals surface area contributed by atoms with Crippen molar-refractivity contribution in [2.45, 2.75) is 0 Å². The maximum atomic E-state index is 10.3. The number of rotatable bonds is 0. The molecule has 0 fully saturated rings. The molecule has 0 bridgehead atoms. The molecule has 0 amide bonds. The lowest BCUT2D eigenvalue weighted by Crippen LogP contribution is -2.27. The Bertz CT molecular complexity index is 231. The van der Waals surface area contributed by atoms with Crippen LogP contribution in [0.25, 0.3) is 0 Å². The molecule has 0 aliphatic carbocycles. The second kappa shape index (κ2) is 1.92. The molecule has 8 heavy (non-hydrogen) atoms. The molecule has 0 radical (unpaired) electrons. The average molecular weight is 129 g/mol. The number of nitrogens with zero attached hydrogens (tertiary/aromatic N) is 1. The van der Waals surface area contributed by atoms with E-state index in [1.54, 1.807) is 0 Å². The normalized spacial score (nSPS) is 9.00. The smallest absolute Gasteiger partial charge is 0.297 e. The number of hydrogen-bond donors (Lipinski definition) is 0. The third-order valence-corrected chi connectivity index (χ3v) is 1.22. The van der Waals surface area contributed by atoms with Crippen LogP contribution in [0.1, 0.15) is 0 Å². The second-order valence-corrected chi connectivity index (χ2v) is 2.12. The molecule has 0 spiro atoms. The second-order valence-electron chi connectivity index (χ2n) is 1.21. The van der Waals surface area contributed by atoms with Gasteiger partial charge in [-0.1, -0.05) is 11.3 Å². The van der Waals surface area contributed by atoms with Gasteiger partial charge in [0, 0.05) is 0 Å². The molecular weight excluding hydrogens is 126 g/mol. The zero-order valence-electron chi connectivity index (χ0n) is 3.90. The van der Waals surface area contributed by atoms with E-state index in [0.717, 1.165) is 17.5 Å². The minimum Gasteiger partial charge on any atom is -0.619 e. The highest BCUT2D eigenvalue weighted by Crippen LogP contribution is 1.75. The van der Waals surface area contributed by atoms with Crippen LogP contribution < -0.4 is 9.47 Å². The summed E-state index contributed by atoms with van der Waals surface area (Å²) < 4.78 is 0.265. The first kappa shape index (κ1) is 5.24. The summed E-state index contributed by atoms with van der Waals surface area (Å²) in [6, 6.07) is 0. The average Bonchev–Trinajstić information content (AvgIpc) is 1.64. The van der Waals surface area contributed by atoms with Gasteiger partial charge in [0.2, 0.25) is 6.20 Å². The molecule has 1 aromatic heterocycles. The van der Waals surface area contributed by atoms with Crippen LogP contribution in [0.4, 0.5) is 0 Å². The van der Waals surface area contributed by atoms with Crippen molar-refractivity contribution in [3.8, 4) is 0 Å². The van der Waals surface area contributed by atoms with Crippen LogP contribution in [0.5, 0.6) is 0 Å². The van der Waals surface area contributed by atoms with Crippen molar-refractivity contribution in [3.05, 3.63) is 32.5 Å². The summed E-state index contributed by atoms with van der Waals surface area (Å²) in [6.07, 6.45) is 2.27. The summed E-state index contributed by atoms with van der Waals surface area (Å²) in [4.78, 5) is 10.3. The van der Waals surface area contributed by atoms with Crippen LogP contribution in [0.2, 0.25) is 0 Å². The minimum absolute atomic E-state index is 0.220. The number of hydrogen-bond acceptors (Lipinski definition) is 3. The van der Waals surface area contributed by atoms with Crippen LogP contribution in [-0.2, 0) is 0 Å². The Morgan fingerprint density at radius 2 is 2.50 bits per heavy atom. The molecule has 1 rings (SSSR count). The van der Waals surface area contributed by atoms with Gasteiger partial charge in [0.05, 0.1) is 5.38 Å². The largest absolute Gasteiger partial charge is 0.619 e. The molecule has 0 aromatic carbocycles. The lowest BCUT2D eigenvalue weighted by Gasteiger charge is -1.87. The Labute approximate surface area is 49.4 Å². The lowest BCUT2D eigenvalue weighted by molar-refractivity contribution is -0.605. The Morgan fingerprint density at radius 1 is 1.75 bits per heavy atom. The predicted octanol–water partition coefficient (Wildman–Crippen LogP) is -0.258. The third-order valence-electron chi connectivity index (χ3n) is 0.625. The molecule has 4 heteroatoms. The van der Waals surface area contributed by atoms with Crippen molar-refractivity contribution in [3.63, 3.8) is 0 Å². The summed E-state index contributed by atoms with van der Waals surface area (Å²) in [5.74, 6) is 0. The van der Waals surface area contributed by atoms with Crippen molar-refractivity contribution < 1.29 is 4.73 Å². The van der Waals surface area contributed by atoms with Gasteiger partial charge in [-0.05, 0) is 0 Å². The Kier molecular flexibility index (Phi) is 1.26. The van der Waals surface area contributed by atoms with Gasteiger partial charge in [0.25, 0.3) is 4.74 Å². The molecule has 0 unspecified atom stereocenters. The van der Waals surface area contributed by atoms with Crippen molar-refractivity contribution in [2.24, 2.45) is 0 Å². The van der Waals surface area contributed by atoms with E-state index in [-0.39, 0.29) is 4.74 Å². The maximum absolute atomic E-state index is 10.3. The zero-order valence-corrected chi connectivity index (χ0v) is 4.72. The first-order valence-electron chi connectivity index (χ1n) is 1.96. The van der Waals surface area contributed by atoms with E-state index < -0.39 is 0 Å². The van der Waals surface area contributed by atoms with Gasteiger partial charge < -0.3 is 5.21 Å². The molecule has 0 aliphatic heterocycles. The molecule has 1 aromatic rings. The predicted molar refractivity (Wildman–Crippen MR) is 29.5 cm³/mol. The van der Waals surface area contributed by atoms with E-state index in [2.05, 4.69) is 0 Å². The van der Waals surface area contributed by atoms with Gasteiger partial charge in [-0.3, -0.25) is 4.79 Å². The molecule has 42 valence electrons. The summed E-state index contributed by atoms with van der Waals surface area (Å²) >= 11 is 1.01. The highest BCUT2D eigenvalue weighted by atomic mass is 32.1. The highest BCUT2D eigenvalue weighted by Gasteiger charge is 1.86. The van der Waals surface area contributed by atoms with Gasteiger partial charge in [-0.25, -0.2) is 0 Å². The van der Waals surface area contributed by atoms with E-state index in [1.165, 1.54) is 11.6 Å². The van der Waals surface area contributed by atoms with Crippen molar-refractivity contribution in [2.75, 3.05) is 0 Å². The van der Waals surface area contributed by atoms with E-state index in [4.69, 9.17) is 0 Å². The van der Waals surface area contributed by atoms with E-state index in [0.29, 0.717) is 4.73 Å². The molecular formula is C4H3NO2S. The Morgan fingerprint density at radius 3 is 2.88 bits per heavy atom. The first-order chi connectivity index (χ1) is 3.79. The molecule has 0 saturated heterocycles. The quantitative estimate of drug-likeness (QED) is 0.358. The van der Waals surface area contributed by atoms with E-state index in [1.807, 2.05) is 0 Å². The van der Waals surface area contributed by atoms with Crippen molar-refractivity contribution in [1.29, 1.82) is 0 Å². The Balaban J connectivity index is 3.28. The fourth-order valence-corrected chi connectivity index (χ4v) is 0.815. The van der Waals surface area contributed by atoms with Crippen LogP contribution in [-0.4, -0.2) is 0 Å². The third kappa shape index (κ3) is 1.04. The summed E-state index contributed by atoms with van der Waals surface area (Å²) in [5, 5.41) is 11.7. The van der Waals surface area contributed by atoms with Crippen LogP contribution in [0.3, 0.4) is 0 Å².